The van der Waals surface area contributed by atoms with Gasteiger partial charge in [0.2, 0.25) is 5.88 Å². The Balaban J connectivity index is 2.20. The summed E-state index contributed by atoms with van der Waals surface area (Å²) in [6, 6.07) is 8.15. The molecule has 21 heavy (non-hydrogen) atoms. The lowest BCUT2D eigenvalue weighted by molar-refractivity contribution is 0.514. The van der Waals surface area contributed by atoms with Gasteiger partial charge in [0.25, 0.3) is 0 Å². The van der Waals surface area contributed by atoms with Gasteiger partial charge in [-0.05, 0) is 17.7 Å². The van der Waals surface area contributed by atoms with Crippen LogP contribution in [0.3, 0.4) is 0 Å². The molecule has 0 spiro atoms. The molecular formula is C15H13FN4O. The van der Waals surface area contributed by atoms with Crippen LogP contribution >= 0.6 is 0 Å². The SMILES string of the molecule is CCc1nc2c(o1)NC(N)=C(C#N)C2c1cccc(F)c1. The van der Waals surface area contributed by atoms with Gasteiger partial charge in [-0.2, -0.15) is 5.26 Å². The van der Waals surface area contributed by atoms with Gasteiger partial charge < -0.3 is 15.5 Å². The maximum Gasteiger partial charge on any atom is 0.223 e. The van der Waals surface area contributed by atoms with Crippen LogP contribution in [0.25, 0.3) is 0 Å². The number of nitrogens with two attached hydrogens (primary N) is 1. The molecule has 0 saturated carbocycles. The summed E-state index contributed by atoms with van der Waals surface area (Å²) in [4.78, 5) is 4.40. The number of aromatic nitrogens is 1. The second kappa shape index (κ2) is 4.94. The summed E-state index contributed by atoms with van der Waals surface area (Å²) < 4.78 is 19.1. The molecule has 1 atom stereocenters. The fraction of sp³-hybridized carbons (Fsp3) is 0.200. The van der Waals surface area contributed by atoms with Crippen LogP contribution in [0.5, 0.6) is 0 Å². The standard InChI is InChI=1S/C15H13FN4O/c1-2-11-19-13-12(8-4-3-5-9(16)6-8)10(7-17)14(18)20-15(13)21-11/h3-6,12,20H,2,18H2,1H3. The zero-order valence-electron chi connectivity index (χ0n) is 11.4. The third kappa shape index (κ3) is 2.13. The summed E-state index contributed by atoms with van der Waals surface area (Å²) in [6.45, 7) is 1.91. The Kier molecular flexibility index (Phi) is 3.10. The number of oxazole rings is 1. The van der Waals surface area contributed by atoms with Crippen molar-refractivity contribution in [3.8, 4) is 6.07 Å². The number of hydrogen-bond donors (Lipinski definition) is 2. The molecule has 6 heteroatoms. The fourth-order valence-corrected chi connectivity index (χ4v) is 2.43. The molecule has 0 amide bonds. The van der Waals surface area contributed by atoms with E-state index in [-0.39, 0.29) is 11.6 Å². The zero-order chi connectivity index (χ0) is 15.0. The van der Waals surface area contributed by atoms with Crippen molar-refractivity contribution in [2.24, 2.45) is 5.73 Å². The van der Waals surface area contributed by atoms with Gasteiger partial charge in [0, 0.05) is 6.42 Å². The van der Waals surface area contributed by atoms with Crippen LogP contribution in [0, 0.1) is 17.1 Å². The van der Waals surface area contributed by atoms with E-state index >= 15 is 0 Å². The van der Waals surface area contributed by atoms with Gasteiger partial charge in [0.05, 0.1) is 17.6 Å². The summed E-state index contributed by atoms with van der Waals surface area (Å²) >= 11 is 0. The van der Waals surface area contributed by atoms with Gasteiger partial charge >= 0.3 is 0 Å². The van der Waals surface area contributed by atoms with E-state index in [1.807, 2.05) is 6.92 Å². The Labute approximate surface area is 120 Å². The Hall–Kier alpha value is -2.81. The lowest BCUT2D eigenvalue weighted by atomic mass is 9.87. The van der Waals surface area contributed by atoms with Crippen molar-refractivity contribution < 1.29 is 8.81 Å². The molecular weight excluding hydrogens is 271 g/mol. The maximum atomic E-state index is 13.5. The van der Waals surface area contributed by atoms with E-state index in [0.717, 1.165) is 0 Å². The van der Waals surface area contributed by atoms with E-state index < -0.39 is 5.92 Å². The van der Waals surface area contributed by atoms with Crippen molar-refractivity contribution in [1.29, 1.82) is 5.26 Å². The van der Waals surface area contributed by atoms with Crippen LogP contribution in [0.1, 0.15) is 30.0 Å². The van der Waals surface area contributed by atoms with E-state index in [1.54, 1.807) is 12.1 Å². The lowest BCUT2D eigenvalue weighted by Gasteiger charge is -2.22. The van der Waals surface area contributed by atoms with Gasteiger partial charge in [-0.25, -0.2) is 9.37 Å². The number of nitriles is 1. The molecule has 1 unspecified atom stereocenters. The maximum absolute atomic E-state index is 13.5. The van der Waals surface area contributed by atoms with Crippen molar-refractivity contribution in [1.82, 2.24) is 4.98 Å². The van der Waals surface area contributed by atoms with E-state index in [4.69, 9.17) is 10.2 Å². The Morgan fingerprint density at radius 3 is 3.00 bits per heavy atom. The van der Waals surface area contributed by atoms with Crippen LogP contribution in [0.4, 0.5) is 10.3 Å². The number of benzene rings is 1. The largest absolute Gasteiger partial charge is 0.425 e. The summed E-state index contributed by atoms with van der Waals surface area (Å²) in [6.07, 6.45) is 0.617. The van der Waals surface area contributed by atoms with E-state index in [0.29, 0.717) is 35.0 Å². The van der Waals surface area contributed by atoms with E-state index in [2.05, 4.69) is 16.4 Å². The average molecular weight is 284 g/mol. The first-order valence-corrected chi connectivity index (χ1v) is 6.55. The van der Waals surface area contributed by atoms with Crippen LogP contribution in [-0.2, 0) is 6.42 Å². The van der Waals surface area contributed by atoms with Gasteiger partial charge in [0.15, 0.2) is 5.89 Å². The predicted octanol–water partition coefficient (Wildman–Crippen LogP) is 2.63. The van der Waals surface area contributed by atoms with Crippen molar-refractivity contribution >= 4 is 5.88 Å². The number of halogens is 1. The number of aryl methyl sites for hydroxylation is 1. The first-order valence-electron chi connectivity index (χ1n) is 6.55. The minimum absolute atomic E-state index is 0.207. The first-order chi connectivity index (χ1) is 10.1. The molecule has 5 nitrogen and oxygen atoms in total. The van der Waals surface area contributed by atoms with Gasteiger partial charge in [-0.3, -0.25) is 0 Å². The molecule has 0 fully saturated rings. The lowest BCUT2D eigenvalue weighted by Crippen LogP contribution is -2.22. The highest BCUT2D eigenvalue weighted by atomic mass is 19.1. The Morgan fingerprint density at radius 2 is 2.33 bits per heavy atom. The number of nitrogens with zero attached hydrogens (tertiary/aromatic N) is 2. The van der Waals surface area contributed by atoms with Gasteiger partial charge in [-0.15, -0.1) is 0 Å². The topological polar surface area (TPSA) is 87.9 Å². The van der Waals surface area contributed by atoms with Crippen molar-refractivity contribution in [2.45, 2.75) is 19.3 Å². The van der Waals surface area contributed by atoms with Crippen molar-refractivity contribution in [3.05, 3.63) is 58.6 Å². The summed E-state index contributed by atoms with van der Waals surface area (Å²) in [5.74, 6) is 0.269. The van der Waals surface area contributed by atoms with Crippen molar-refractivity contribution in [3.63, 3.8) is 0 Å². The summed E-state index contributed by atoms with van der Waals surface area (Å²) in [7, 11) is 0. The second-order valence-corrected chi connectivity index (χ2v) is 4.73. The molecule has 2 aromatic rings. The van der Waals surface area contributed by atoms with Crippen LogP contribution < -0.4 is 11.1 Å². The van der Waals surface area contributed by atoms with E-state index in [9.17, 15) is 9.65 Å². The molecule has 106 valence electrons. The number of nitrogens with one attached hydrogen (secondary N) is 1. The highest BCUT2D eigenvalue weighted by molar-refractivity contribution is 5.61. The molecule has 2 heterocycles. The molecule has 3 rings (SSSR count). The summed E-state index contributed by atoms with van der Waals surface area (Å²) in [5, 5.41) is 12.2. The number of anilines is 1. The smallest absolute Gasteiger partial charge is 0.223 e. The molecule has 0 bridgehead atoms. The molecule has 0 saturated heterocycles. The highest BCUT2D eigenvalue weighted by Gasteiger charge is 2.33. The predicted molar refractivity (Wildman–Crippen MR) is 74.6 cm³/mol. The fourth-order valence-electron chi connectivity index (χ4n) is 2.43. The quantitative estimate of drug-likeness (QED) is 0.885. The number of rotatable bonds is 2. The highest BCUT2D eigenvalue weighted by Crippen LogP contribution is 2.40. The molecule has 0 radical (unpaired) electrons. The molecule has 1 aliphatic rings. The normalized spacial score (nSPS) is 17.1. The molecule has 0 aliphatic carbocycles. The first kappa shape index (κ1) is 13.2. The summed E-state index contributed by atoms with van der Waals surface area (Å²) in [5.41, 5.74) is 7.37. The monoisotopic (exact) mass is 284 g/mol. The molecule has 1 aromatic heterocycles. The van der Waals surface area contributed by atoms with Crippen molar-refractivity contribution in [2.75, 3.05) is 5.32 Å². The zero-order valence-corrected chi connectivity index (χ0v) is 11.4. The van der Waals surface area contributed by atoms with Crippen LogP contribution in [0.2, 0.25) is 0 Å². The third-order valence-electron chi connectivity index (χ3n) is 3.40. The number of hydrogen-bond acceptors (Lipinski definition) is 5. The number of fused-ring (bicyclic) bond motifs is 1. The molecule has 1 aliphatic heterocycles. The minimum atomic E-state index is -0.522. The minimum Gasteiger partial charge on any atom is -0.425 e. The van der Waals surface area contributed by atoms with E-state index in [1.165, 1.54) is 12.1 Å². The van der Waals surface area contributed by atoms with Gasteiger partial charge in [0.1, 0.15) is 17.3 Å². The second-order valence-electron chi connectivity index (χ2n) is 4.73. The van der Waals surface area contributed by atoms with Crippen LogP contribution in [0.15, 0.2) is 40.1 Å². The van der Waals surface area contributed by atoms with Crippen LogP contribution in [-0.4, -0.2) is 4.98 Å². The molecule has 3 N–H and O–H groups in total. The molecule has 1 aromatic carbocycles. The number of allylic oxidation sites excluding steroid dienone is 1. The Morgan fingerprint density at radius 1 is 1.52 bits per heavy atom. The third-order valence-corrected chi connectivity index (χ3v) is 3.40. The average Bonchev–Trinajstić information content (AvgIpc) is 2.88. The Bertz CT molecular complexity index is 772. The van der Waals surface area contributed by atoms with Gasteiger partial charge in [-0.1, -0.05) is 19.1 Å².